The van der Waals surface area contributed by atoms with Crippen LogP contribution < -0.4 is 0 Å². The van der Waals surface area contributed by atoms with Gasteiger partial charge in [-0.3, -0.25) is 0 Å². The van der Waals surface area contributed by atoms with Gasteiger partial charge in [0.1, 0.15) is 5.82 Å². The second-order valence-corrected chi connectivity index (χ2v) is 5.79. The fourth-order valence-corrected chi connectivity index (χ4v) is 3.25. The molecule has 0 bridgehead atoms. The number of thiophene rings is 1. The van der Waals surface area contributed by atoms with Crippen molar-refractivity contribution in [3.05, 3.63) is 52.0 Å². The highest BCUT2D eigenvalue weighted by Gasteiger charge is 2.12. The van der Waals surface area contributed by atoms with Crippen molar-refractivity contribution in [3.63, 3.8) is 0 Å². The maximum Gasteiger partial charge on any atom is 0.111 e. The monoisotopic (exact) mass is 290 g/mol. The summed E-state index contributed by atoms with van der Waals surface area (Å²) in [6.07, 6.45) is 0.805. The standard InChI is InChI=1S/C15H15ClN2S/c1-11-3-2-4-13-15(11)18(14(17-13)5-7-16)9-12-6-8-19-10-12/h2-4,6,8,10H,5,7,9H2,1H3. The summed E-state index contributed by atoms with van der Waals surface area (Å²) in [6, 6.07) is 8.44. The lowest BCUT2D eigenvalue weighted by Crippen LogP contribution is -2.06. The van der Waals surface area contributed by atoms with E-state index in [9.17, 15) is 0 Å². The maximum atomic E-state index is 5.91. The number of alkyl halides is 1. The summed E-state index contributed by atoms with van der Waals surface area (Å²) in [4.78, 5) is 4.73. The summed E-state index contributed by atoms with van der Waals surface area (Å²) in [5.74, 6) is 1.68. The third kappa shape index (κ3) is 2.40. The van der Waals surface area contributed by atoms with Gasteiger partial charge in [-0.05, 0) is 40.9 Å². The Kier molecular flexibility index (Phi) is 3.58. The molecule has 0 radical (unpaired) electrons. The summed E-state index contributed by atoms with van der Waals surface area (Å²) in [7, 11) is 0. The minimum Gasteiger partial charge on any atom is -0.323 e. The second kappa shape index (κ2) is 5.35. The molecule has 19 heavy (non-hydrogen) atoms. The lowest BCUT2D eigenvalue weighted by Gasteiger charge is -2.08. The summed E-state index contributed by atoms with van der Waals surface area (Å²) in [6.45, 7) is 3.01. The average Bonchev–Trinajstić information content (AvgIpc) is 3.00. The molecule has 1 aromatic carbocycles. The van der Waals surface area contributed by atoms with Gasteiger partial charge >= 0.3 is 0 Å². The number of hydrogen-bond donors (Lipinski definition) is 0. The number of para-hydroxylation sites is 1. The molecular formula is C15H15ClN2S. The first-order chi connectivity index (χ1) is 9.29. The molecule has 2 nitrogen and oxygen atoms in total. The first kappa shape index (κ1) is 12.7. The number of nitrogens with zero attached hydrogens (tertiary/aromatic N) is 2. The van der Waals surface area contributed by atoms with Crippen molar-refractivity contribution < 1.29 is 0 Å². The third-order valence-electron chi connectivity index (χ3n) is 3.29. The quantitative estimate of drug-likeness (QED) is 0.657. The van der Waals surface area contributed by atoms with Crippen molar-refractivity contribution >= 4 is 34.0 Å². The van der Waals surface area contributed by atoms with E-state index < -0.39 is 0 Å². The highest BCUT2D eigenvalue weighted by atomic mass is 35.5. The summed E-state index contributed by atoms with van der Waals surface area (Å²) < 4.78 is 2.30. The molecule has 3 aromatic rings. The van der Waals surface area contributed by atoms with Crippen molar-refractivity contribution in [2.45, 2.75) is 19.9 Å². The molecule has 0 unspecified atom stereocenters. The lowest BCUT2D eigenvalue weighted by molar-refractivity contribution is 0.755. The van der Waals surface area contributed by atoms with Crippen LogP contribution in [-0.2, 0) is 13.0 Å². The smallest absolute Gasteiger partial charge is 0.111 e. The maximum absolute atomic E-state index is 5.91. The van der Waals surface area contributed by atoms with Crippen LogP contribution in [-0.4, -0.2) is 15.4 Å². The molecule has 2 aromatic heterocycles. The lowest BCUT2D eigenvalue weighted by atomic mass is 10.2. The van der Waals surface area contributed by atoms with E-state index in [4.69, 9.17) is 16.6 Å². The van der Waals surface area contributed by atoms with Gasteiger partial charge in [0.25, 0.3) is 0 Å². The Balaban J connectivity index is 2.15. The van der Waals surface area contributed by atoms with Crippen LogP contribution in [0.15, 0.2) is 35.0 Å². The van der Waals surface area contributed by atoms with Crippen molar-refractivity contribution in [2.75, 3.05) is 5.88 Å². The van der Waals surface area contributed by atoms with Gasteiger partial charge in [0.2, 0.25) is 0 Å². The van der Waals surface area contributed by atoms with Crippen LogP contribution in [0.3, 0.4) is 0 Å². The van der Waals surface area contributed by atoms with E-state index >= 15 is 0 Å². The number of fused-ring (bicyclic) bond motifs is 1. The van der Waals surface area contributed by atoms with Crippen LogP contribution in [0.4, 0.5) is 0 Å². The molecule has 0 aliphatic carbocycles. The van der Waals surface area contributed by atoms with Crippen LogP contribution in [0.2, 0.25) is 0 Å². The molecule has 3 rings (SSSR count). The van der Waals surface area contributed by atoms with Gasteiger partial charge in [-0.2, -0.15) is 11.3 Å². The van der Waals surface area contributed by atoms with E-state index in [0.29, 0.717) is 5.88 Å². The summed E-state index contributed by atoms with van der Waals surface area (Å²) >= 11 is 7.64. The first-order valence-corrected chi connectivity index (χ1v) is 7.79. The molecule has 0 aliphatic rings. The molecule has 2 heterocycles. The van der Waals surface area contributed by atoms with Gasteiger partial charge < -0.3 is 4.57 Å². The third-order valence-corrected chi connectivity index (χ3v) is 4.21. The van der Waals surface area contributed by atoms with Crippen molar-refractivity contribution in [1.82, 2.24) is 9.55 Å². The van der Waals surface area contributed by atoms with E-state index in [1.54, 1.807) is 11.3 Å². The van der Waals surface area contributed by atoms with Crippen molar-refractivity contribution in [3.8, 4) is 0 Å². The fourth-order valence-electron chi connectivity index (χ4n) is 2.42. The van der Waals surface area contributed by atoms with E-state index in [1.807, 2.05) is 0 Å². The molecule has 0 atom stereocenters. The van der Waals surface area contributed by atoms with Crippen LogP contribution >= 0.6 is 22.9 Å². The van der Waals surface area contributed by atoms with Gasteiger partial charge in [-0.1, -0.05) is 12.1 Å². The van der Waals surface area contributed by atoms with E-state index in [-0.39, 0.29) is 0 Å². The second-order valence-electron chi connectivity index (χ2n) is 4.63. The number of benzene rings is 1. The molecule has 0 saturated carbocycles. The Hall–Kier alpha value is -1.32. The van der Waals surface area contributed by atoms with Gasteiger partial charge in [0.05, 0.1) is 17.6 Å². The minimum atomic E-state index is 0.603. The molecule has 0 saturated heterocycles. The zero-order chi connectivity index (χ0) is 13.2. The van der Waals surface area contributed by atoms with Crippen LogP contribution in [0.25, 0.3) is 11.0 Å². The zero-order valence-corrected chi connectivity index (χ0v) is 12.3. The van der Waals surface area contributed by atoms with Crippen LogP contribution in [0.5, 0.6) is 0 Å². The Bertz CT molecular complexity index is 686. The highest BCUT2D eigenvalue weighted by molar-refractivity contribution is 7.07. The number of imidazole rings is 1. The van der Waals surface area contributed by atoms with Gasteiger partial charge in [0.15, 0.2) is 0 Å². The summed E-state index contributed by atoms with van der Waals surface area (Å²) in [5, 5.41) is 4.30. The number of halogens is 1. The molecule has 4 heteroatoms. The van der Waals surface area contributed by atoms with Crippen molar-refractivity contribution in [2.24, 2.45) is 0 Å². The Morgan fingerprint density at radius 2 is 2.21 bits per heavy atom. The van der Waals surface area contributed by atoms with Crippen molar-refractivity contribution in [1.29, 1.82) is 0 Å². The molecule has 0 amide bonds. The van der Waals surface area contributed by atoms with Crippen LogP contribution in [0.1, 0.15) is 17.0 Å². The average molecular weight is 291 g/mol. The largest absolute Gasteiger partial charge is 0.323 e. The summed E-state index contributed by atoms with van der Waals surface area (Å²) in [5.41, 5.74) is 4.88. The Labute approximate surface area is 121 Å². The fraction of sp³-hybridized carbons (Fsp3) is 0.267. The van der Waals surface area contributed by atoms with E-state index in [0.717, 1.165) is 24.3 Å². The normalized spacial score (nSPS) is 11.3. The number of aromatic nitrogens is 2. The molecule has 0 fully saturated rings. The van der Waals surface area contributed by atoms with Gasteiger partial charge in [-0.15, -0.1) is 11.6 Å². The molecule has 98 valence electrons. The topological polar surface area (TPSA) is 17.8 Å². The molecule has 0 spiro atoms. The predicted octanol–water partition coefficient (Wildman–Crippen LogP) is 4.24. The highest BCUT2D eigenvalue weighted by Crippen LogP contribution is 2.22. The number of aryl methyl sites for hydroxylation is 2. The Morgan fingerprint density at radius 3 is 2.95 bits per heavy atom. The molecular weight excluding hydrogens is 276 g/mol. The van der Waals surface area contributed by atoms with Gasteiger partial charge in [-0.25, -0.2) is 4.98 Å². The first-order valence-electron chi connectivity index (χ1n) is 6.31. The molecule has 0 N–H and O–H groups in total. The number of hydrogen-bond acceptors (Lipinski definition) is 2. The number of rotatable bonds is 4. The van der Waals surface area contributed by atoms with Gasteiger partial charge in [0, 0.05) is 12.3 Å². The zero-order valence-electron chi connectivity index (χ0n) is 10.8. The predicted molar refractivity (Wildman–Crippen MR) is 82.3 cm³/mol. The minimum absolute atomic E-state index is 0.603. The van der Waals surface area contributed by atoms with Crippen LogP contribution in [0, 0.1) is 6.92 Å². The van der Waals surface area contributed by atoms with E-state index in [2.05, 4.69) is 46.5 Å². The molecule has 0 aliphatic heterocycles. The van der Waals surface area contributed by atoms with E-state index in [1.165, 1.54) is 16.6 Å². The Morgan fingerprint density at radius 1 is 1.32 bits per heavy atom. The SMILES string of the molecule is Cc1cccc2nc(CCCl)n(Cc3ccsc3)c12.